The van der Waals surface area contributed by atoms with Gasteiger partial charge >= 0.3 is 0 Å². The molecule has 6 nitrogen and oxygen atoms in total. The van der Waals surface area contributed by atoms with E-state index >= 15 is 0 Å². The molecule has 126 valence electrons. The number of benzene rings is 1. The molecule has 2 aromatic rings. The van der Waals surface area contributed by atoms with Gasteiger partial charge in [-0.25, -0.2) is 0 Å². The average molecular weight is 326 g/mol. The number of likely N-dealkylation sites (N-methyl/N-ethyl adjacent to an activating group) is 1. The molecule has 0 bridgehead atoms. The molecule has 1 saturated carbocycles. The van der Waals surface area contributed by atoms with Crippen molar-refractivity contribution < 1.29 is 4.79 Å². The third-order valence-electron chi connectivity index (χ3n) is 4.34. The molecule has 1 aliphatic rings. The lowest BCUT2D eigenvalue weighted by Crippen LogP contribution is -2.59. The minimum atomic E-state index is -0.260. The van der Waals surface area contributed by atoms with Crippen LogP contribution in [-0.4, -0.2) is 46.8 Å². The van der Waals surface area contributed by atoms with Crippen LogP contribution in [0.4, 0.5) is 0 Å². The van der Waals surface area contributed by atoms with Crippen molar-refractivity contribution in [2.45, 2.75) is 24.8 Å². The molecular weight excluding hydrogens is 304 g/mol. The first-order valence-electron chi connectivity index (χ1n) is 8.12. The first-order chi connectivity index (χ1) is 11.5. The Morgan fingerprint density at radius 1 is 1.21 bits per heavy atom. The van der Waals surface area contributed by atoms with Gasteiger partial charge in [-0.05, 0) is 51.6 Å². The lowest BCUT2D eigenvalue weighted by atomic mass is 9.76. The number of hydrogen-bond donors (Lipinski definition) is 1. The summed E-state index contributed by atoms with van der Waals surface area (Å²) in [4.78, 5) is 26.8. The van der Waals surface area contributed by atoms with Crippen LogP contribution >= 0.6 is 0 Å². The number of nitrogens with one attached hydrogen (secondary N) is 1. The topological polar surface area (TPSA) is 67.2 Å². The fourth-order valence-electron chi connectivity index (χ4n) is 3.12. The Labute approximate surface area is 141 Å². The van der Waals surface area contributed by atoms with Crippen molar-refractivity contribution in [2.24, 2.45) is 0 Å². The van der Waals surface area contributed by atoms with Gasteiger partial charge in [0.2, 0.25) is 0 Å². The van der Waals surface area contributed by atoms with Crippen molar-refractivity contribution in [1.29, 1.82) is 0 Å². The molecule has 6 heteroatoms. The van der Waals surface area contributed by atoms with Crippen molar-refractivity contribution >= 4 is 5.91 Å². The summed E-state index contributed by atoms with van der Waals surface area (Å²) >= 11 is 0. The molecule has 1 amide bonds. The second kappa shape index (κ2) is 6.57. The molecule has 1 fully saturated rings. The first-order valence-corrected chi connectivity index (χ1v) is 8.12. The van der Waals surface area contributed by atoms with Gasteiger partial charge in [0.1, 0.15) is 5.69 Å². The highest BCUT2D eigenvalue weighted by atomic mass is 16.2. The van der Waals surface area contributed by atoms with Crippen molar-refractivity contribution in [3.8, 4) is 5.69 Å². The minimum absolute atomic E-state index is 0.185. The fourth-order valence-corrected chi connectivity index (χ4v) is 3.12. The van der Waals surface area contributed by atoms with Gasteiger partial charge in [-0.3, -0.25) is 9.59 Å². The summed E-state index contributed by atoms with van der Waals surface area (Å²) < 4.78 is 1.26. The molecule has 0 spiro atoms. The van der Waals surface area contributed by atoms with Gasteiger partial charge in [0.15, 0.2) is 0 Å². The van der Waals surface area contributed by atoms with E-state index in [4.69, 9.17) is 0 Å². The van der Waals surface area contributed by atoms with Crippen molar-refractivity contribution in [1.82, 2.24) is 20.0 Å². The van der Waals surface area contributed by atoms with E-state index in [0.29, 0.717) is 5.69 Å². The molecule has 0 atom stereocenters. The van der Waals surface area contributed by atoms with Crippen LogP contribution in [0.5, 0.6) is 0 Å². The SMILES string of the molecule is CN(C)CC1(NC(=O)c2ccc(=O)n(-c3ccccc3)n2)CCC1. The molecule has 1 N–H and O–H groups in total. The highest BCUT2D eigenvalue weighted by molar-refractivity contribution is 5.92. The Kier molecular flexibility index (Phi) is 4.49. The van der Waals surface area contributed by atoms with Gasteiger partial charge < -0.3 is 10.2 Å². The Hall–Kier alpha value is -2.47. The maximum Gasteiger partial charge on any atom is 0.272 e. The molecule has 1 heterocycles. The summed E-state index contributed by atoms with van der Waals surface area (Å²) in [5.41, 5.74) is 0.451. The summed E-state index contributed by atoms with van der Waals surface area (Å²) in [6.45, 7) is 0.803. The normalized spacial score (nSPS) is 15.8. The molecule has 0 saturated heterocycles. The zero-order valence-electron chi connectivity index (χ0n) is 14.0. The molecular formula is C18H22N4O2. The van der Waals surface area contributed by atoms with E-state index in [2.05, 4.69) is 15.3 Å². The Morgan fingerprint density at radius 3 is 2.50 bits per heavy atom. The van der Waals surface area contributed by atoms with Crippen molar-refractivity contribution in [3.63, 3.8) is 0 Å². The largest absolute Gasteiger partial charge is 0.344 e. The molecule has 0 radical (unpaired) electrons. The molecule has 0 aliphatic heterocycles. The van der Waals surface area contributed by atoms with Crippen LogP contribution in [0, 0.1) is 0 Å². The van der Waals surface area contributed by atoms with E-state index in [1.54, 1.807) is 12.1 Å². The van der Waals surface area contributed by atoms with Crippen LogP contribution in [0.15, 0.2) is 47.3 Å². The Balaban J connectivity index is 1.85. The lowest BCUT2D eigenvalue weighted by molar-refractivity contribution is 0.0766. The van der Waals surface area contributed by atoms with Crippen LogP contribution in [0.1, 0.15) is 29.8 Å². The van der Waals surface area contributed by atoms with Gasteiger partial charge in [0.05, 0.1) is 11.2 Å². The Morgan fingerprint density at radius 2 is 1.92 bits per heavy atom. The highest BCUT2D eigenvalue weighted by Gasteiger charge is 2.39. The number of carbonyl (C=O) groups is 1. The van der Waals surface area contributed by atoms with Gasteiger partial charge in [-0.1, -0.05) is 18.2 Å². The number of para-hydroxylation sites is 1. The van der Waals surface area contributed by atoms with E-state index in [-0.39, 0.29) is 22.7 Å². The second-order valence-corrected chi connectivity index (χ2v) is 6.63. The average Bonchev–Trinajstić information content (AvgIpc) is 2.53. The molecule has 1 aromatic carbocycles. The standard InChI is InChI=1S/C18H22N4O2/c1-21(2)13-18(11-6-12-18)19-17(24)15-9-10-16(23)22(20-15)14-7-4-3-5-8-14/h3-5,7-10H,6,11-13H2,1-2H3,(H,19,24). The predicted octanol–water partition coefficient (Wildman–Crippen LogP) is 1.45. The van der Waals surface area contributed by atoms with E-state index in [1.165, 1.54) is 16.8 Å². The quantitative estimate of drug-likeness (QED) is 0.903. The van der Waals surface area contributed by atoms with Gasteiger partial charge in [0.25, 0.3) is 11.5 Å². The zero-order chi connectivity index (χ0) is 17.2. The lowest BCUT2D eigenvalue weighted by Gasteiger charge is -2.44. The number of amides is 1. The summed E-state index contributed by atoms with van der Waals surface area (Å²) in [6, 6.07) is 12.0. The molecule has 0 unspecified atom stereocenters. The summed E-state index contributed by atoms with van der Waals surface area (Å²) in [7, 11) is 4.00. The Bertz CT molecular complexity index is 779. The first kappa shape index (κ1) is 16.4. The summed E-state index contributed by atoms with van der Waals surface area (Å²) in [5.74, 6) is -0.235. The monoisotopic (exact) mass is 326 g/mol. The number of hydrogen-bond acceptors (Lipinski definition) is 4. The molecule has 3 rings (SSSR count). The third kappa shape index (κ3) is 3.38. The number of rotatable bonds is 5. The molecule has 1 aliphatic carbocycles. The van der Waals surface area contributed by atoms with Crippen LogP contribution in [0.25, 0.3) is 5.69 Å². The molecule has 1 aromatic heterocycles. The van der Waals surface area contributed by atoms with Crippen LogP contribution < -0.4 is 10.9 Å². The number of aromatic nitrogens is 2. The van der Waals surface area contributed by atoms with Crippen LogP contribution in [-0.2, 0) is 0 Å². The third-order valence-corrected chi connectivity index (χ3v) is 4.34. The van der Waals surface area contributed by atoms with E-state index < -0.39 is 0 Å². The van der Waals surface area contributed by atoms with Crippen molar-refractivity contribution in [3.05, 3.63) is 58.5 Å². The van der Waals surface area contributed by atoms with Crippen molar-refractivity contribution in [2.75, 3.05) is 20.6 Å². The van der Waals surface area contributed by atoms with E-state index in [9.17, 15) is 9.59 Å². The fraction of sp³-hybridized carbons (Fsp3) is 0.389. The van der Waals surface area contributed by atoms with Gasteiger partial charge in [-0.15, -0.1) is 0 Å². The van der Waals surface area contributed by atoms with Crippen LogP contribution in [0.2, 0.25) is 0 Å². The smallest absolute Gasteiger partial charge is 0.272 e. The van der Waals surface area contributed by atoms with E-state index in [0.717, 1.165) is 25.8 Å². The minimum Gasteiger partial charge on any atom is -0.344 e. The number of nitrogens with zero attached hydrogens (tertiary/aromatic N) is 3. The summed E-state index contributed by atoms with van der Waals surface area (Å²) in [5, 5.41) is 7.36. The number of carbonyl (C=O) groups excluding carboxylic acids is 1. The van der Waals surface area contributed by atoms with Gasteiger partial charge in [-0.2, -0.15) is 9.78 Å². The van der Waals surface area contributed by atoms with E-state index in [1.807, 2.05) is 32.3 Å². The second-order valence-electron chi connectivity index (χ2n) is 6.63. The van der Waals surface area contributed by atoms with Crippen LogP contribution in [0.3, 0.4) is 0 Å². The maximum atomic E-state index is 12.6. The highest BCUT2D eigenvalue weighted by Crippen LogP contribution is 2.32. The van der Waals surface area contributed by atoms with Gasteiger partial charge in [0, 0.05) is 12.6 Å². The summed E-state index contributed by atoms with van der Waals surface area (Å²) in [6.07, 6.45) is 3.05. The maximum absolute atomic E-state index is 12.6. The zero-order valence-corrected chi connectivity index (χ0v) is 14.0. The molecule has 24 heavy (non-hydrogen) atoms. The predicted molar refractivity (Wildman–Crippen MR) is 92.4 cm³/mol.